The Bertz CT molecular complexity index is 500. The van der Waals surface area contributed by atoms with Gasteiger partial charge in [0, 0.05) is 19.7 Å². The van der Waals surface area contributed by atoms with Crippen LogP contribution in [0.1, 0.15) is 24.2 Å². The summed E-state index contributed by atoms with van der Waals surface area (Å²) < 4.78 is 0. The van der Waals surface area contributed by atoms with Gasteiger partial charge < -0.3 is 20.4 Å². The first-order valence-corrected chi connectivity index (χ1v) is 6.35. The van der Waals surface area contributed by atoms with Crippen molar-refractivity contribution in [3.63, 3.8) is 0 Å². The second kappa shape index (κ2) is 6.79. The molecule has 110 valence electrons. The van der Waals surface area contributed by atoms with Gasteiger partial charge >= 0.3 is 0 Å². The van der Waals surface area contributed by atoms with Crippen LogP contribution in [0.2, 0.25) is 0 Å². The van der Waals surface area contributed by atoms with E-state index in [9.17, 15) is 19.8 Å². The highest BCUT2D eigenvalue weighted by molar-refractivity contribution is 5.98. The van der Waals surface area contributed by atoms with E-state index in [1.54, 1.807) is 0 Å². The minimum absolute atomic E-state index is 0.0435. The summed E-state index contributed by atoms with van der Waals surface area (Å²) in [4.78, 5) is 24.9. The Morgan fingerprint density at radius 1 is 1.30 bits per heavy atom. The molecule has 0 heterocycles. The van der Waals surface area contributed by atoms with E-state index < -0.39 is 5.91 Å². The molecule has 2 amide bonds. The molecule has 6 heteroatoms. The first kappa shape index (κ1) is 15.8. The topological polar surface area (TPSA) is 89.9 Å². The minimum Gasteiger partial charge on any atom is -0.508 e. The van der Waals surface area contributed by atoms with Crippen molar-refractivity contribution in [3.05, 3.63) is 23.8 Å². The molecule has 20 heavy (non-hydrogen) atoms. The van der Waals surface area contributed by atoms with Crippen molar-refractivity contribution >= 4 is 11.8 Å². The molecule has 0 saturated heterocycles. The maximum Gasteiger partial charge on any atom is 0.257 e. The molecule has 1 aromatic rings. The van der Waals surface area contributed by atoms with Crippen LogP contribution in [0.15, 0.2) is 18.2 Å². The van der Waals surface area contributed by atoms with Gasteiger partial charge in [0.25, 0.3) is 5.91 Å². The molecule has 0 bridgehead atoms. The molecular formula is C14H20N2O4. The predicted molar refractivity (Wildman–Crippen MR) is 74.6 cm³/mol. The second-order valence-electron chi connectivity index (χ2n) is 5.06. The molecule has 0 aromatic heterocycles. The molecule has 1 aromatic carbocycles. The smallest absolute Gasteiger partial charge is 0.257 e. The Morgan fingerprint density at radius 3 is 2.50 bits per heavy atom. The van der Waals surface area contributed by atoms with E-state index in [1.807, 2.05) is 13.8 Å². The maximum absolute atomic E-state index is 12.1. The number of likely N-dealkylation sites (N-methyl/N-ethyl adjacent to an activating group) is 1. The van der Waals surface area contributed by atoms with Gasteiger partial charge in [0.05, 0.1) is 12.1 Å². The number of aromatic hydroxyl groups is 2. The number of nitrogens with one attached hydrogen (secondary N) is 1. The van der Waals surface area contributed by atoms with Crippen molar-refractivity contribution in [3.8, 4) is 11.5 Å². The fourth-order valence-electron chi connectivity index (χ4n) is 1.57. The van der Waals surface area contributed by atoms with Gasteiger partial charge in [-0.05, 0) is 18.1 Å². The molecule has 1 rings (SSSR count). The Balaban J connectivity index is 2.65. The lowest BCUT2D eigenvalue weighted by molar-refractivity contribution is -0.121. The lowest BCUT2D eigenvalue weighted by Gasteiger charge is -2.18. The van der Waals surface area contributed by atoms with Crippen molar-refractivity contribution < 1.29 is 19.8 Å². The summed E-state index contributed by atoms with van der Waals surface area (Å²) in [5, 5.41) is 21.5. The van der Waals surface area contributed by atoms with Crippen LogP contribution >= 0.6 is 0 Å². The average Bonchev–Trinajstić information content (AvgIpc) is 2.35. The quantitative estimate of drug-likeness (QED) is 0.749. The van der Waals surface area contributed by atoms with E-state index >= 15 is 0 Å². The molecule has 0 aliphatic carbocycles. The third-order valence-electron chi connectivity index (χ3n) is 2.65. The second-order valence-corrected chi connectivity index (χ2v) is 5.06. The highest BCUT2D eigenvalue weighted by Crippen LogP contribution is 2.23. The highest BCUT2D eigenvalue weighted by atomic mass is 16.3. The summed E-state index contributed by atoms with van der Waals surface area (Å²) in [5.41, 5.74) is 0.0435. The monoisotopic (exact) mass is 280 g/mol. The zero-order valence-corrected chi connectivity index (χ0v) is 11.9. The van der Waals surface area contributed by atoms with Crippen molar-refractivity contribution in [2.45, 2.75) is 13.8 Å². The van der Waals surface area contributed by atoms with E-state index in [0.717, 1.165) is 6.07 Å². The van der Waals surface area contributed by atoms with Crippen LogP contribution < -0.4 is 5.32 Å². The Kier molecular flexibility index (Phi) is 5.37. The first-order chi connectivity index (χ1) is 9.31. The predicted octanol–water partition coefficient (Wildman–Crippen LogP) is 0.942. The standard InChI is InChI=1S/C14H20N2O4/c1-9(2)7-15-13(19)8-16(3)14(20)11-5-4-10(17)6-12(11)18/h4-6,9,17-18H,7-8H2,1-3H3,(H,15,19). The average molecular weight is 280 g/mol. The summed E-state index contributed by atoms with van der Waals surface area (Å²) in [6.45, 7) is 4.41. The SMILES string of the molecule is CC(C)CNC(=O)CN(C)C(=O)c1ccc(O)cc1O. The summed E-state index contributed by atoms with van der Waals surface area (Å²) in [6.07, 6.45) is 0. The van der Waals surface area contributed by atoms with E-state index in [1.165, 1.54) is 24.1 Å². The molecular weight excluding hydrogens is 260 g/mol. The molecule has 0 radical (unpaired) electrons. The minimum atomic E-state index is -0.484. The van der Waals surface area contributed by atoms with Gasteiger partial charge in [-0.2, -0.15) is 0 Å². The van der Waals surface area contributed by atoms with Crippen molar-refractivity contribution in [2.24, 2.45) is 5.92 Å². The Hall–Kier alpha value is -2.24. The summed E-state index contributed by atoms with van der Waals surface area (Å²) in [5.74, 6) is -0.850. The number of carbonyl (C=O) groups excluding carboxylic acids is 2. The molecule has 6 nitrogen and oxygen atoms in total. The lowest BCUT2D eigenvalue weighted by Crippen LogP contribution is -2.39. The number of amides is 2. The fourth-order valence-corrected chi connectivity index (χ4v) is 1.57. The van der Waals surface area contributed by atoms with Gasteiger partial charge in [-0.25, -0.2) is 0 Å². The van der Waals surface area contributed by atoms with Crippen molar-refractivity contribution in [2.75, 3.05) is 20.1 Å². The van der Waals surface area contributed by atoms with E-state index in [-0.39, 0.29) is 29.5 Å². The van der Waals surface area contributed by atoms with Gasteiger partial charge in [0.15, 0.2) is 0 Å². The summed E-state index contributed by atoms with van der Waals surface area (Å²) in [7, 11) is 1.48. The van der Waals surface area contributed by atoms with Crippen molar-refractivity contribution in [1.29, 1.82) is 0 Å². The van der Waals surface area contributed by atoms with Gasteiger partial charge in [0.1, 0.15) is 11.5 Å². The molecule has 3 N–H and O–H groups in total. The number of benzene rings is 1. The number of phenolic OH excluding ortho intramolecular Hbond substituents is 2. The number of hydrogen-bond acceptors (Lipinski definition) is 4. The summed E-state index contributed by atoms with van der Waals surface area (Å²) >= 11 is 0. The van der Waals surface area contributed by atoms with Crippen LogP contribution in [-0.2, 0) is 4.79 Å². The molecule has 0 atom stereocenters. The Labute approximate surface area is 118 Å². The summed E-state index contributed by atoms with van der Waals surface area (Å²) in [6, 6.07) is 3.70. The molecule has 0 unspecified atom stereocenters. The molecule has 0 fully saturated rings. The zero-order valence-electron chi connectivity index (χ0n) is 11.9. The molecule has 0 spiro atoms. The third kappa shape index (κ3) is 4.46. The highest BCUT2D eigenvalue weighted by Gasteiger charge is 2.18. The van der Waals surface area contributed by atoms with E-state index in [2.05, 4.69) is 5.32 Å². The molecule has 0 aliphatic rings. The van der Waals surface area contributed by atoms with E-state index in [4.69, 9.17) is 0 Å². The van der Waals surface area contributed by atoms with Crippen LogP contribution in [0, 0.1) is 5.92 Å². The first-order valence-electron chi connectivity index (χ1n) is 6.35. The number of phenols is 2. The van der Waals surface area contributed by atoms with Crippen LogP contribution in [0.5, 0.6) is 11.5 Å². The number of rotatable bonds is 5. The van der Waals surface area contributed by atoms with Crippen LogP contribution in [0.3, 0.4) is 0 Å². The molecule has 0 aliphatic heterocycles. The normalized spacial score (nSPS) is 10.4. The zero-order chi connectivity index (χ0) is 15.3. The number of hydrogen-bond donors (Lipinski definition) is 3. The van der Waals surface area contributed by atoms with E-state index in [0.29, 0.717) is 12.5 Å². The molecule has 0 saturated carbocycles. The van der Waals surface area contributed by atoms with Gasteiger partial charge in [-0.15, -0.1) is 0 Å². The maximum atomic E-state index is 12.1. The largest absolute Gasteiger partial charge is 0.508 e. The van der Waals surface area contributed by atoms with Crippen LogP contribution in [0.25, 0.3) is 0 Å². The van der Waals surface area contributed by atoms with Crippen LogP contribution in [-0.4, -0.2) is 47.1 Å². The van der Waals surface area contributed by atoms with Gasteiger partial charge in [-0.3, -0.25) is 9.59 Å². The fraction of sp³-hybridized carbons (Fsp3) is 0.429. The van der Waals surface area contributed by atoms with Gasteiger partial charge in [-0.1, -0.05) is 13.8 Å². The van der Waals surface area contributed by atoms with Gasteiger partial charge in [0.2, 0.25) is 5.91 Å². The number of carbonyl (C=O) groups is 2. The third-order valence-corrected chi connectivity index (χ3v) is 2.65. The van der Waals surface area contributed by atoms with Crippen molar-refractivity contribution in [1.82, 2.24) is 10.2 Å². The lowest BCUT2D eigenvalue weighted by atomic mass is 10.1. The van der Waals surface area contributed by atoms with Crippen LogP contribution in [0.4, 0.5) is 0 Å². The number of nitrogens with zero attached hydrogens (tertiary/aromatic N) is 1. The Morgan fingerprint density at radius 2 is 1.95 bits per heavy atom.